The molecule has 0 bridgehead atoms. The van der Waals surface area contributed by atoms with Gasteiger partial charge < -0.3 is 15.8 Å². The molecular weight excluding hydrogens is 230 g/mol. The van der Waals surface area contributed by atoms with E-state index in [0.29, 0.717) is 12.4 Å². The van der Waals surface area contributed by atoms with Crippen LogP contribution in [0.15, 0.2) is 5.16 Å². The van der Waals surface area contributed by atoms with Crippen LogP contribution < -0.4 is 5.73 Å². The van der Waals surface area contributed by atoms with Crippen molar-refractivity contribution in [2.75, 3.05) is 58.9 Å². The second kappa shape index (κ2) is 8.29. The summed E-state index contributed by atoms with van der Waals surface area (Å²) in [7, 11) is 0. The third kappa shape index (κ3) is 5.20. The van der Waals surface area contributed by atoms with E-state index in [1.54, 1.807) is 0 Å². The van der Waals surface area contributed by atoms with Gasteiger partial charge in [-0.05, 0) is 13.1 Å². The molecule has 3 N–H and O–H groups in total. The van der Waals surface area contributed by atoms with Gasteiger partial charge in [0, 0.05) is 39.3 Å². The highest BCUT2D eigenvalue weighted by Crippen LogP contribution is 2.01. The van der Waals surface area contributed by atoms with E-state index in [1.165, 1.54) is 0 Å². The van der Waals surface area contributed by atoms with Crippen molar-refractivity contribution in [1.29, 1.82) is 0 Å². The molecule has 0 aromatic heterocycles. The van der Waals surface area contributed by atoms with Crippen LogP contribution >= 0.6 is 0 Å². The predicted octanol–water partition coefficient (Wildman–Crippen LogP) is -0.308. The van der Waals surface area contributed by atoms with Crippen molar-refractivity contribution in [2.24, 2.45) is 10.9 Å². The molecule has 1 rings (SSSR count). The molecule has 6 heteroatoms. The van der Waals surface area contributed by atoms with Crippen molar-refractivity contribution in [3.05, 3.63) is 0 Å². The van der Waals surface area contributed by atoms with E-state index in [0.717, 1.165) is 52.4 Å². The SMILES string of the molecule is CCN(CC)CCN1CCN(CC(N)=NO)CC1. The van der Waals surface area contributed by atoms with E-state index in [4.69, 9.17) is 10.9 Å². The highest BCUT2D eigenvalue weighted by molar-refractivity contribution is 5.81. The Kier molecular flexibility index (Phi) is 7.00. The Balaban J connectivity index is 2.19. The maximum absolute atomic E-state index is 8.54. The average molecular weight is 257 g/mol. The number of nitrogens with two attached hydrogens (primary N) is 1. The predicted molar refractivity (Wildman–Crippen MR) is 74.1 cm³/mol. The number of oxime groups is 1. The van der Waals surface area contributed by atoms with Gasteiger partial charge in [-0.3, -0.25) is 9.80 Å². The molecule has 0 aromatic carbocycles. The van der Waals surface area contributed by atoms with Crippen LogP contribution in [0.2, 0.25) is 0 Å². The van der Waals surface area contributed by atoms with E-state index in [-0.39, 0.29) is 0 Å². The van der Waals surface area contributed by atoms with Crippen LogP contribution in [0.3, 0.4) is 0 Å². The Hall–Kier alpha value is -0.850. The fraction of sp³-hybridized carbons (Fsp3) is 0.917. The molecule has 0 aliphatic carbocycles. The summed E-state index contributed by atoms with van der Waals surface area (Å²) in [5, 5.41) is 11.6. The zero-order chi connectivity index (χ0) is 13.4. The lowest BCUT2D eigenvalue weighted by Crippen LogP contribution is -2.50. The number of nitrogens with zero attached hydrogens (tertiary/aromatic N) is 4. The Morgan fingerprint density at radius 1 is 1.17 bits per heavy atom. The number of amidine groups is 1. The van der Waals surface area contributed by atoms with Gasteiger partial charge in [0.15, 0.2) is 5.84 Å². The summed E-state index contributed by atoms with van der Waals surface area (Å²) in [4.78, 5) is 7.16. The summed E-state index contributed by atoms with van der Waals surface area (Å²) in [6.45, 7) is 13.6. The molecule has 1 aliphatic rings. The topological polar surface area (TPSA) is 68.3 Å². The lowest BCUT2D eigenvalue weighted by molar-refractivity contribution is 0.130. The molecule has 0 amide bonds. The minimum absolute atomic E-state index is 0.298. The highest BCUT2D eigenvalue weighted by Gasteiger charge is 2.17. The number of likely N-dealkylation sites (N-methyl/N-ethyl adjacent to an activating group) is 1. The first-order valence-corrected chi connectivity index (χ1v) is 6.83. The second-order valence-electron chi connectivity index (χ2n) is 4.74. The number of piperazine rings is 1. The fourth-order valence-electron chi connectivity index (χ4n) is 2.25. The zero-order valence-corrected chi connectivity index (χ0v) is 11.7. The van der Waals surface area contributed by atoms with Crippen molar-refractivity contribution in [2.45, 2.75) is 13.8 Å². The van der Waals surface area contributed by atoms with E-state index in [9.17, 15) is 0 Å². The largest absolute Gasteiger partial charge is 0.409 e. The second-order valence-corrected chi connectivity index (χ2v) is 4.74. The monoisotopic (exact) mass is 257 g/mol. The lowest BCUT2D eigenvalue weighted by Gasteiger charge is -2.35. The van der Waals surface area contributed by atoms with E-state index >= 15 is 0 Å². The molecule has 0 radical (unpaired) electrons. The molecule has 1 fully saturated rings. The summed E-state index contributed by atoms with van der Waals surface area (Å²) in [6.07, 6.45) is 0. The van der Waals surface area contributed by atoms with Crippen LogP contribution in [0.25, 0.3) is 0 Å². The molecule has 0 aromatic rings. The average Bonchev–Trinajstić information content (AvgIpc) is 2.41. The summed E-state index contributed by atoms with van der Waals surface area (Å²) in [5.74, 6) is 0.298. The summed E-state index contributed by atoms with van der Waals surface area (Å²) in [5.41, 5.74) is 5.51. The molecular formula is C12H27N5O. The quantitative estimate of drug-likeness (QED) is 0.283. The molecule has 0 saturated carbocycles. The summed E-state index contributed by atoms with van der Waals surface area (Å²) < 4.78 is 0. The first-order chi connectivity index (χ1) is 8.69. The van der Waals surface area contributed by atoms with Crippen LogP contribution in [0.5, 0.6) is 0 Å². The van der Waals surface area contributed by atoms with Gasteiger partial charge in [-0.1, -0.05) is 19.0 Å². The molecule has 0 unspecified atom stereocenters. The smallest absolute Gasteiger partial charge is 0.153 e. The number of rotatable bonds is 7. The van der Waals surface area contributed by atoms with Gasteiger partial charge in [-0.15, -0.1) is 0 Å². The van der Waals surface area contributed by atoms with Crippen molar-refractivity contribution in [3.63, 3.8) is 0 Å². The Morgan fingerprint density at radius 3 is 2.22 bits per heavy atom. The first-order valence-electron chi connectivity index (χ1n) is 6.83. The van der Waals surface area contributed by atoms with Gasteiger partial charge in [0.25, 0.3) is 0 Å². The van der Waals surface area contributed by atoms with Crippen molar-refractivity contribution in [1.82, 2.24) is 14.7 Å². The molecule has 0 atom stereocenters. The molecule has 18 heavy (non-hydrogen) atoms. The van der Waals surface area contributed by atoms with Gasteiger partial charge in [0.1, 0.15) is 0 Å². The Bertz CT molecular complexity index is 247. The van der Waals surface area contributed by atoms with Crippen LogP contribution in [-0.4, -0.2) is 84.6 Å². The minimum Gasteiger partial charge on any atom is -0.409 e. The summed E-state index contributed by atoms with van der Waals surface area (Å²) in [6, 6.07) is 0. The molecule has 1 saturated heterocycles. The number of hydrogen-bond donors (Lipinski definition) is 2. The van der Waals surface area contributed by atoms with Gasteiger partial charge in [-0.2, -0.15) is 0 Å². The van der Waals surface area contributed by atoms with Gasteiger partial charge in [0.2, 0.25) is 0 Å². The van der Waals surface area contributed by atoms with Crippen LogP contribution in [0, 0.1) is 0 Å². The molecule has 6 nitrogen and oxygen atoms in total. The van der Waals surface area contributed by atoms with Gasteiger partial charge in [0.05, 0.1) is 6.54 Å². The van der Waals surface area contributed by atoms with Crippen molar-refractivity contribution in [3.8, 4) is 0 Å². The maximum atomic E-state index is 8.54. The Labute approximate surface area is 110 Å². The Morgan fingerprint density at radius 2 is 1.72 bits per heavy atom. The number of hydrogen-bond acceptors (Lipinski definition) is 5. The van der Waals surface area contributed by atoms with E-state index in [1.807, 2.05) is 0 Å². The van der Waals surface area contributed by atoms with Crippen molar-refractivity contribution >= 4 is 5.84 Å². The van der Waals surface area contributed by atoms with Crippen molar-refractivity contribution < 1.29 is 5.21 Å². The van der Waals surface area contributed by atoms with E-state index < -0.39 is 0 Å². The van der Waals surface area contributed by atoms with Gasteiger partial charge in [-0.25, -0.2) is 0 Å². The minimum atomic E-state index is 0.298. The van der Waals surface area contributed by atoms with E-state index in [2.05, 4.69) is 33.7 Å². The molecule has 1 aliphatic heterocycles. The third-order valence-corrected chi connectivity index (χ3v) is 3.61. The lowest BCUT2D eigenvalue weighted by atomic mass is 10.3. The molecule has 0 spiro atoms. The zero-order valence-electron chi connectivity index (χ0n) is 11.7. The highest BCUT2D eigenvalue weighted by atomic mass is 16.4. The normalized spacial score (nSPS) is 19.6. The standard InChI is InChI=1S/C12H27N5O/c1-3-15(4-2)5-6-16-7-9-17(10-8-16)11-12(13)14-18/h18H,3-11H2,1-2H3,(H2,13,14). The van der Waals surface area contributed by atoms with Crippen LogP contribution in [0.1, 0.15) is 13.8 Å². The van der Waals surface area contributed by atoms with Gasteiger partial charge >= 0.3 is 0 Å². The first kappa shape index (κ1) is 15.2. The molecule has 1 heterocycles. The molecule has 106 valence electrons. The fourth-order valence-corrected chi connectivity index (χ4v) is 2.25. The summed E-state index contributed by atoms with van der Waals surface area (Å²) >= 11 is 0. The van der Waals surface area contributed by atoms with Crippen LogP contribution in [-0.2, 0) is 0 Å². The maximum Gasteiger partial charge on any atom is 0.153 e. The third-order valence-electron chi connectivity index (χ3n) is 3.61. The van der Waals surface area contributed by atoms with Crippen LogP contribution in [0.4, 0.5) is 0 Å².